The molecule has 0 aliphatic carbocycles. The van der Waals surface area contributed by atoms with E-state index in [4.69, 9.17) is 0 Å². The Morgan fingerprint density at radius 3 is 2.89 bits per heavy atom. The number of pyridine rings is 1. The second-order valence-electron chi connectivity index (χ2n) is 5.44. The first-order valence-corrected chi connectivity index (χ1v) is 7.61. The Balaban J connectivity index is 1.59. The molecule has 0 spiro atoms. The normalized spacial score (nSPS) is 30.8. The van der Waals surface area contributed by atoms with Crippen LogP contribution >= 0.6 is 11.3 Å². The molecule has 2 aliphatic rings. The van der Waals surface area contributed by atoms with Crippen molar-refractivity contribution >= 4 is 27.2 Å². The number of hydrogen-bond acceptors (Lipinski definition) is 4. The number of anilines is 1. The lowest BCUT2D eigenvalue weighted by Crippen LogP contribution is -2.43. The molecule has 2 aliphatic heterocycles. The van der Waals surface area contributed by atoms with Crippen LogP contribution in [0.15, 0.2) is 23.7 Å². The van der Waals surface area contributed by atoms with Crippen LogP contribution in [0.5, 0.6) is 0 Å². The van der Waals surface area contributed by atoms with Gasteiger partial charge in [0.05, 0.1) is 0 Å². The topological polar surface area (TPSA) is 37.0 Å². The molecule has 2 aromatic heterocycles. The Hall–Kier alpha value is -1.13. The lowest BCUT2D eigenvalue weighted by Gasteiger charge is -2.30. The minimum absolute atomic E-state index is 0.585. The predicted molar refractivity (Wildman–Crippen MR) is 76.2 cm³/mol. The fraction of sp³-hybridized carbons (Fsp3) is 0.500. The van der Waals surface area contributed by atoms with Crippen molar-refractivity contribution in [2.24, 2.45) is 0 Å². The van der Waals surface area contributed by atoms with Crippen molar-refractivity contribution in [1.82, 2.24) is 10.3 Å². The van der Waals surface area contributed by atoms with Crippen LogP contribution in [-0.2, 0) is 0 Å². The van der Waals surface area contributed by atoms with E-state index >= 15 is 0 Å². The Kier molecular flexibility index (Phi) is 2.52. The van der Waals surface area contributed by atoms with Crippen LogP contribution in [0.4, 0.5) is 5.82 Å². The number of thiophene rings is 1. The van der Waals surface area contributed by atoms with Crippen molar-refractivity contribution in [2.45, 2.75) is 43.8 Å². The van der Waals surface area contributed by atoms with E-state index in [0.29, 0.717) is 6.04 Å². The quantitative estimate of drug-likeness (QED) is 0.870. The molecule has 4 rings (SSSR count). The van der Waals surface area contributed by atoms with Gasteiger partial charge in [-0.3, -0.25) is 0 Å². The number of rotatable bonds is 2. The summed E-state index contributed by atoms with van der Waals surface area (Å²) in [5.74, 6) is 1.07. The van der Waals surface area contributed by atoms with Crippen LogP contribution in [0, 0.1) is 0 Å². The zero-order chi connectivity index (χ0) is 11.9. The second kappa shape index (κ2) is 4.21. The van der Waals surface area contributed by atoms with Crippen LogP contribution in [0.1, 0.15) is 25.7 Å². The fourth-order valence-corrected chi connectivity index (χ4v) is 4.16. The van der Waals surface area contributed by atoms with Gasteiger partial charge < -0.3 is 10.6 Å². The van der Waals surface area contributed by atoms with Gasteiger partial charge in [-0.25, -0.2) is 4.98 Å². The molecule has 0 saturated carbocycles. The van der Waals surface area contributed by atoms with E-state index in [9.17, 15) is 0 Å². The lowest BCUT2D eigenvalue weighted by atomic mass is 10.00. The van der Waals surface area contributed by atoms with Crippen LogP contribution < -0.4 is 10.6 Å². The fourth-order valence-electron chi connectivity index (χ4n) is 3.38. The minimum Gasteiger partial charge on any atom is -0.367 e. The highest BCUT2D eigenvalue weighted by Crippen LogP contribution is 2.31. The Morgan fingerprint density at radius 2 is 2.06 bits per heavy atom. The molecular formula is C14H17N3S. The van der Waals surface area contributed by atoms with Gasteiger partial charge in [-0.15, -0.1) is 11.3 Å². The summed E-state index contributed by atoms with van der Waals surface area (Å²) < 4.78 is 1.32. The molecular weight excluding hydrogens is 242 g/mol. The molecule has 4 heterocycles. The van der Waals surface area contributed by atoms with Crippen molar-refractivity contribution in [2.75, 3.05) is 5.32 Å². The van der Waals surface area contributed by atoms with E-state index < -0.39 is 0 Å². The SMILES string of the molecule is c1cc2sccc2c(NC2CC3CCC(C2)N3)n1. The molecule has 0 aromatic carbocycles. The summed E-state index contributed by atoms with van der Waals surface area (Å²) in [6.45, 7) is 0. The molecule has 0 radical (unpaired) electrons. The molecule has 2 saturated heterocycles. The third kappa shape index (κ3) is 1.80. The molecule has 2 fully saturated rings. The average Bonchev–Trinajstić information content (AvgIpc) is 2.97. The standard InChI is InChI=1S/C14H17N3S/c1-2-10-8-11(7-9(1)16-10)17-14-12-4-6-18-13(12)3-5-15-14/h3-6,9-11,16H,1-2,7-8H2,(H,15,17). The third-order valence-electron chi connectivity index (χ3n) is 4.19. The van der Waals surface area contributed by atoms with Gasteiger partial charge >= 0.3 is 0 Å². The van der Waals surface area contributed by atoms with Crippen LogP contribution in [-0.4, -0.2) is 23.1 Å². The summed E-state index contributed by atoms with van der Waals surface area (Å²) in [4.78, 5) is 4.52. The summed E-state index contributed by atoms with van der Waals surface area (Å²) in [7, 11) is 0. The van der Waals surface area contributed by atoms with Crippen LogP contribution in [0.2, 0.25) is 0 Å². The van der Waals surface area contributed by atoms with Gasteiger partial charge in [0.1, 0.15) is 5.82 Å². The number of hydrogen-bond donors (Lipinski definition) is 2. The Labute approximate surface area is 111 Å². The van der Waals surface area contributed by atoms with Gasteiger partial charge in [-0.2, -0.15) is 0 Å². The number of nitrogens with zero attached hydrogens (tertiary/aromatic N) is 1. The minimum atomic E-state index is 0.585. The number of fused-ring (bicyclic) bond motifs is 3. The van der Waals surface area contributed by atoms with Crippen molar-refractivity contribution in [3.63, 3.8) is 0 Å². The summed E-state index contributed by atoms with van der Waals surface area (Å²) >= 11 is 1.78. The maximum atomic E-state index is 4.52. The highest BCUT2D eigenvalue weighted by Gasteiger charge is 2.33. The largest absolute Gasteiger partial charge is 0.367 e. The predicted octanol–water partition coefficient (Wildman–Crippen LogP) is 2.99. The van der Waals surface area contributed by atoms with Crippen molar-refractivity contribution in [3.8, 4) is 0 Å². The van der Waals surface area contributed by atoms with E-state index in [1.807, 2.05) is 6.20 Å². The van der Waals surface area contributed by atoms with E-state index in [2.05, 4.69) is 33.1 Å². The van der Waals surface area contributed by atoms with Gasteiger partial charge in [0.2, 0.25) is 0 Å². The maximum absolute atomic E-state index is 4.52. The maximum Gasteiger partial charge on any atom is 0.134 e. The first-order valence-electron chi connectivity index (χ1n) is 6.73. The van der Waals surface area contributed by atoms with E-state index in [-0.39, 0.29) is 0 Å². The third-order valence-corrected chi connectivity index (χ3v) is 5.08. The van der Waals surface area contributed by atoms with E-state index in [1.54, 1.807) is 11.3 Å². The molecule has 2 bridgehead atoms. The molecule has 2 N–H and O–H groups in total. The highest BCUT2D eigenvalue weighted by atomic mass is 32.1. The molecule has 4 heteroatoms. The Bertz CT molecular complexity index is 553. The van der Waals surface area contributed by atoms with Crippen molar-refractivity contribution < 1.29 is 0 Å². The summed E-state index contributed by atoms with van der Waals surface area (Å²) in [6.07, 6.45) is 7.08. The zero-order valence-corrected chi connectivity index (χ0v) is 11.0. The molecule has 18 heavy (non-hydrogen) atoms. The van der Waals surface area contributed by atoms with Gasteiger partial charge in [0, 0.05) is 34.4 Å². The summed E-state index contributed by atoms with van der Waals surface area (Å²) in [6, 6.07) is 6.30. The average molecular weight is 259 g/mol. The molecule has 2 unspecified atom stereocenters. The monoisotopic (exact) mass is 259 g/mol. The van der Waals surface area contributed by atoms with Crippen LogP contribution in [0.3, 0.4) is 0 Å². The summed E-state index contributed by atoms with van der Waals surface area (Å²) in [5.41, 5.74) is 0. The van der Waals surface area contributed by atoms with E-state index in [0.717, 1.165) is 17.9 Å². The van der Waals surface area contributed by atoms with E-state index in [1.165, 1.54) is 35.8 Å². The smallest absolute Gasteiger partial charge is 0.134 e. The van der Waals surface area contributed by atoms with Gasteiger partial charge in [-0.1, -0.05) is 0 Å². The van der Waals surface area contributed by atoms with Crippen LogP contribution in [0.25, 0.3) is 10.1 Å². The first kappa shape index (κ1) is 10.8. The molecule has 94 valence electrons. The molecule has 3 nitrogen and oxygen atoms in total. The zero-order valence-electron chi connectivity index (χ0n) is 10.2. The lowest BCUT2D eigenvalue weighted by molar-refractivity contribution is 0.378. The Morgan fingerprint density at radius 1 is 1.22 bits per heavy atom. The van der Waals surface area contributed by atoms with Crippen molar-refractivity contribution in [1.29, 1.82) is 0 Å². The number of aromatic nitrogens is 1. The molecule has 2 aromatic rings. The van der Waals surface area contributed by atoms with Crippen molar-refractivity contribution in [3.05, 3.63) is 23.7 Å². The highest BCUT2D eigenvalue weighted by molar-refractivity contribution is 7.17. The van der Waals surface area contributed by atoms with Gasteiger partial charge in [-0.05, 0) is 43.2 Å². The van der Waals surface area contributed by atoms with Gasteiger partial charge in [0.15, 0.2) is 0 Å². The summed E-state index contributed by atoms with van der Waals surface area (Å²) in [5, 5.41) is 10.8. The van der Waals surface area contributed by atoms with Gasteiger partial charge in [0.25, 0.3) is 0 Å². The number of nitrogens with one attached hydrogen (secondary N) is 2. The first-order chi connectivity index (χ1) is 8.88. The second-order valence-corrected chi connectivity index (χ2v) is 6.39. The molecule has 2 atom stereocenters. The molecule has 0 amide bonds. The number of piperidine rings is 1.